The number of carboxylic acid groups (broad SMARTS) is 1. The van der Waals surface area contributed by atoms with Crippen molar-refractivity contribution in [2.75, 3.05) is 20.6 Å². The number of nitrogens with zero attached hydrogens (tertiary/aromatic N) is 2. The van der Waals surface area contributed by atoms with Crippen molar-refractivity contribution in [3.05, 3.63) is 17.6 Å². The minimum absolute atomic E-state index is 0.0882. The molecule has 8 nitrogen and oxygen atoms in total. The zero-order valence-corrected chi connectivity index (χ0v) is 14.1. The van der Waals surface area contributed by atoms with E-state index in [1.54, 1.807) is 0 Å². The molecule has 0 saturated carbocycles. The SMILES string of the molecule is Cc1oc(C(=O)N2CCCCC2C(=O)O)cc1S(=O)(=O)N(C)C. The van der Waals surface area contributed by atoms with Gasteiger partial charge in [-0.2, -0.15) is 0 Å². The quantitative estimate of drug-likeness (QED) is 0.870. The molecular weight excluding hydrogens is 324 g/mol. The van der Waals surface area contributed by atoms with E-state index in [4.69, 9.17) is 4.42 Å². The first-order valence-electron chi connectivity index (χ1n) is 7.23. The first-order valence-corrected chi connectivity index (χ1v) is 8.67. The Labute approximate surface area is 134 Å². The van der Waals surface area contributed by atoms with Gasteiger partial charge in [0, 0.05) is 26.7 Å². The maximum atomic E-state index is 12.5. The van der Waals surface area contributed by atoms with Crippen molar-refractivity contribution in [2.45, 2.75) is 37.1 Å². The molecule has 9 heteroatoms. The standard InChI is InChI=1S/C14H20N2O6S/c1-9-12(23(20,21)15(2)3)8-11(22-9)13(17)16-7-5-4-6-10(16)14(18)19/h8,10H,4-7H2,1-3H3,(H,18,19). The van der Waals surface area contributed by atoms with Crippen molar-refractivity contribution in [3.8, 4) is 0 Å². The lowest BCUT2D eigenvalue weighted by Gasteiger charge is -2.32. The predicted octanol–water partition coefficient (Wildman–Crippen LogP) is 0.918. The van der Waals surface area contributed by atoms with Crippen LogP contribution in [0.2, 0.25) is 0 Å². The summed E-state index contributed by atoms with van der Waals surface area (Å²) in [6.45, 7) is 1.77. The third kappa shape index (κ3) is 3.25. The fourth-order valence-electron chi connectivity index (χ4n) is 2.60. The van der Waals surface area contributed by atoms with Crippen LogP contribution >= 0.6 is 0 Å². The summed E-state index contributed by atoms with van der Waals surface area (Å²) >= 11 is 0. The van der Waals surface area contributed by atoms with Crippen LogP contribution in [0.1, 0.15) is 35.6 Å². The van der Waals surface area contributed by atoms with Gasteiger partial charge in [0.1, 0.15) is 16.7 Å². The van der Waals surface area contributed by atoms with Crippen molar-refractivity contribution in [1.29, 1.82) is 0 Å². The van der Waals surface area contributed by atoms with Gasteiger partial charge in [-0.15, -0.1) is 0 Å². The highest BCUT2D eigenvalue weighted by molar-refractivity contribution is 7.89. The number of sulfonamides is 1. The van der Waals surface area contributed by atoms with Gasteiger partial charge in [-0.25, -0.2) is 17.5 Å². The highest BCUT2D eigenvalue weighted by Gasteiger charge is 2.35. The molecule has 0 spiro atoms. The molecule has 1 amide bonds. The second-order valence-electron chi connectivity index (χ2n) is 5.67. The summed E-state index contributed by atoms with van der Waals surface area (Å²) in [5, 5.41) is 9.24. The van der Waals surface area contributed by atoms with Crippen LogP contribution in [0.5, 0.6) is 0 Å². The summed E-state index contributed by atoms with van der Waals surface area (Å²) in [4.78, 5) is 25.0. The third-order valence-corrected chi connectivity index (χ3v) is 5.81. The number of piperidine rings is 1. The lowest BCUT2D eigenvalue weighted by Crippen LogP contribution is -2.47. The minimum atomic E-state index is -3.73. The van der Waals surface area contributed by atoms with Gasteiger partial charge in [-0.05, 0) is 26.2 Å². The summed E-state index contributed by atoms with van der Waals surface area (Å²) in [6, 6.07) is 0.260. The maximum absolute atomic E-state index is 12.5. The van der Waals surface area contributed by atoms with E-state index in [1.165, 1.54) is 32.0 Å². The summed E-state index contributed by atoms with van der Waals surface area (Å²) in [7, 11) is -0.962. The van der Waals surface area contributed by atoms with Gasteiger partial charge in [-0.1, -0.05) is 0 Å². The van der Waals surface area contributed by atoms with Gasteiger partial charge in [-0.3, -0.25) is 4.79 Å². The van der Waals surface area contributed by atoms with Gasteiger partial charge < -0.3 is 14.4 Å². The number of carbonyl (C=O) groups is 2. The Hall–Kier alpha value is -1.87. The highest BCUT2D eigenvalue weighted by Crippen LogP contribution is 2.26. The fourth-order valence-corrected chi connectivity index (χ4v) is 3.65. The maximum Gasteiger partial charge on any atom is 0.326 e. The van der Waals surface area contributed by atoms with E-state index in [-0.39, 0.29) is 16.4 Å². The Kier molecular flexibility index (Phi) is 4.81. The summed E-state index contributed by atoms with van der Waals surface area (Å²) in [6.07, 6.45) is 1.82. The number of aryl methyl sites for hydroxylation is 1. The topological polar surface area (TPSA) is 108 Å². The first kappa shape index (κ1) is 17.5. The highest BCUT2D eigenvalue weighted by atomic mass is 32.2. The monoisotopic (exact) mass is 344 g/mol. The zero-order chi connectivity index (χ0) is 17.4. The first-order chi connectivity index (χ1) is 10.7. The second kappa shape index (κ2) is 6.32. The number of hydrogen-bond acceptors (Lipinski definition) is 5. The molecule has 128 valence electrons. The van der Waals surface area contributed by atoms with Crippen molar-refractivity contribution >= 4 is 21.9 Å². The van der Waals surface area contributed by atoms with Gasteiger partial charge in [0.2, 0.25) is 10.0 Å². The van der Waals surface area contributed by atoms with Gasteiger partial charge in [0.15, 0.2) is 5.76 Å². The Balaban J connectivity index is 2.36. The van der Waals surface area contributed by atoms with Crippen LogP contribution in [-0.2, 0) is 14.8 Å². The molecule has 1 aliphatic rings. The molecule has 2 rings (SSSR count). The van der Waals surface area contributed by atoms with Crippen LogP contribution in [-0.4, -0.2) is 61.3 Å². The molecule has 1 N–H and O–H groups in total. The summed E-state index contributed by atoms with van der Waals surface area (Å²) in [5.74, 6) is -1.72. The smallest absolute Gasteiger partial charge is 0.326 e. The minimum Gasteiger partial charge on any atom is -0.480 e. The number of aliphatic carboxylic acids is 1. The molecular formula is C14H20N2O6S. The Morgan fingerprint density at radius 1 is 1.35 bits per heavy atom. The molecule has 0 radical (unpaired) electrons. The molecule has 0 bridgehead atoms. The van der Waals surface area contributed by atoms with E-state index < -0.39 is 27.9 Å². The van der Waals surface area contributed by atoms with Crippen LogP contribution in [0, 0.1) is 6.92 Å². The molecule has 1 unspecified atom stereocenters. The second-order valence-corrected chi connectivity index (χ2v) is 7.79. The third-order valence-electron chi connectivity index (χ3n) is 3.89. The molecule has 23 heavy (non-hydrogen) atoms. The van der Waals surface area contributed by atoms with Crippen LogP contribution in [0.3, 0.4) is 0 Å². The molecule has 0 aliphatic carbocycles. The van der Waals surface area contributed by atoms with Crippen molar-refractivity contribution in [3.63, 3.8) is 0 Å². The number of amides is 1. The average Bonchev–Trinajstić information content (AvgIpc) is 2.88. The number of carbonyl (C=O) groups excluding carboxylic acids is 1. The number of furan rings is 1. The van der Waals surface area contributed by atoms with Crippen molar-refractivity contribution < 1.29 is 27.5 Å². The Morgan fingerprint density at radius 3 is 2.57 bits per heavy atom. The number of hydrogen-bond donors (Lipinski definition) is 1. The molecule has 0 aromatic carbocycles. The van der Waals surface area contributed by atoms with Gasteiger partial charge in [0.05, 0.1) is 0 Å². The van der Waals surface area contributed by atoms with E-state index in [0.29, 0.717) is 19.4 Å². The average molecular weight is 344 g/mol. The van der Waals surface area contributed by atoms with Crippen LogP contribution in [0.25, 0.3) is 0 Å². The van der Waals surface area contributed by atoms with E-state index in [2.05, 4.69) is 0 Å². The Morgan fingerprint density at radius 2 is 2.00 bits per heavy atom. The van der Waals surface area contributed by atoms with E-state index in [1.807, 2.05) is 0 Å². The molecule has 1 aliphatic heterocycles. The predicted molar refractivity (Wildman–Crippen MR) is 80.6 cm³/mol. The Bertz CT molecular complexity index is 722. The molecule has 1 aromatic heterocycles. The molecule has 2 heterocycles. The van der Waals surface area contributed by atoms with Crippen molar-refractivity contribution in [2.24, 2.45) is 0 Å². The summed E-state index contributed by atoms with van der Waals surface area (Å²) in [5.41, 5.74) is 0. The molecule has 1 saturated heterocycles. The van der Waals surface area contributed by atoms with Crippen LogP contribution < -0.4 is 0 Å². The van der Waals surface area contributed by atoms with Crippen LogP contribution in [0.4, 0.5) is 0 Å². The summed E-state index contributed by atoms with van der Waals surface area (Å²) < 4.78 is 30.7. The fraction of sp³-hybridized carbons (Fsp3) is 0.571. The van der Waals surface area contributed by atoms with E-state index in [9.17, 15) is 23.1 Å². The lowest BCUT2D eigenvalue weighted by molar-refractivity contribution is -0.143. The lowest BCUT2D eigenvalue weighted by atomic mass is 10.0. The molecule has 1 atom stereocenters. The number of likely N-dealkylation sites (tertiary alicyclic amines) is 1. The van der Waals surface area contributed by atoms with Crippen LogP contribution in [0.15, 0.2) is 15.4 Å². The van der Waals surface area contributed by atoms with E-state index in [0.717, 1.165) is 10.7 Å². The van der Waals surface area contributed by atoms with Crippen molar-refractivity contribution in [1.82, 2.24) is 9.21 Å². The molecule has 1 fully saturated rings. The van der Waals surface area contributed by atoms with Gasteiger partial charge in [0.25, 0.3) is 5.91 Å². The van der Waals surface area contributed by atoms with Gasteiger partial charge >= 0.3 is 5.97 Å². The number of carboxylic acids is 1. The zero-order valence-electron chi connectivity index (χ0n) is 13.3. The molecule has 1 aromatic rings. The van der Waals surface area contributed by atoms with E-state index >= 15 is 0 Å². The number of rotatable bonds is 4. The largest absolute Gasteiger partial charge is 0.480 e. The normalized spacial score (nSPS) is 19.1.